The number of hydrogen-bond acceptors (Lipinski definition) is 4. The van der Waals surface area contributed by atoms with Gasteiger partial charge in [0.05, 0.1) is 12.1 Å². The van der Waals surface area contributed by atoms with Crippen LogP contribution in [0.2, 0.25) is 0 Å². The van der Waals surface area contributed by atoms with Crippen molar-refractivity contribution in [3.8, 4) is 22.9 Å². The first kappa shape index (κ1) is 20.5. The summed E-state index contributed by atoms with van der Waals surface area (Å²) in [5.74, 6) is -1.77. The van der Waals surface area contributed by atoms with Crippen LogP contribution in [0.5, 0.6) is 5.75 Å². The lowest BCUT2D eigenvalue weighted by Crippen LogP contribution is -2.17. The number of alkyl halides is 6. The van der Waals surface area contributed by atoms with Crippen LogP contribution >= 0.6 is 0 Å². The fourth-order valence-corrected chi connectivity index (χ4v) is 2.85. The maximum atomic E-state index is 13.3. The van der Waals surface area contributed by atoms with Crippen molar-refractivity contribution in [3.63, 3.8) is 0 Å². The number of nitriles is 1. The summed E-state index contributed by atoms with van der Waals surface area (Å²) in [5.41, 5.74) is 0.422. The summed E-state index contributed by atoms with van der Waals surface area (Å²) in [6, 6.07) is 7.76. The van der Waals surface area contributed by atoms with Gasteiger partial charge in [-0.2, -0.15) is 18.4 Å². The minimum absolute atomic E-state index is 0.0473. The van der Waals surface area contributed by atoms with Crippen molar-refractivity contribution >= 4 is 5.52 Å². The van der Waals surface area contributed by atoms with Gasteiger partial charge in [0.15, 0.2) is 5.69 Å². The lowest BCUT2D eigenvalue weighted by molar-refractivity contribution is -0.274. The summed E-state index contributed by atoms with van der Waals surface area (Å²) in [7, 11) is 1.32. The number of aromatic nitrogens is 2. The second kappa shape index (κ2) is 7.29. The van der Waals surface area contributed by atoms with Crippen molar-refractivity contribution in [1.82, 2.24) is 9.38 Å². The monoisotopic (exact) mass is 415 g/mol. The molecular formula is C18H11F6N3O2. The van der Waals surface area contributed by atoms with Gasteiger partial charge in [0.1, 0.15) is 11.8 Å². The minimum Gasteiger partial charge on any atom is -0.406 e. The van der Waals surface area contributed by atoms with Gasteiger partial charge >= 0.3 is 12.5 Å². The molecular weight excluding hydrogens is 404 g/mol. The SMILES string of the molecule is COCc1cc(OC(F)(F)F)ccc1-c1ccc2c(C#N)nc(C(F)(F)F)n2c1. The van der Waals surface area contributed by atoms with Gasteiger partial charge in [0.2, 0.25) is 5.82 Å². The van der Waals surface area contributed by atoms with Crippen molar-refractivity contribution in [1.29, 1.82) is 5.26 Å². The van der Waals surface area contributed by atoms with Crippen LogP contribution in [-0.4, -0.2) is 22.9 Å². The van der Waals surface area contributed by atoms with Crippen LogP contribution < -0.4 is 4.74 Å². The number of benzene rings is 1. The van der Waals surface area contributed by atoms with Crippen LogP contribution in [0.25, 0.3) is 16.6 Å². The van der Waals surface area contributed by atoms with Gasteiger partial charge in [0, 0.05) is 13.3 Å². The van der Waals surface area contributed by atoms with E-state index in [9.17, 15) is 26.3 Å². The molecule has 0 spiro atoms. The van der Waals surface area contributed by atoms with Crippen LogP contribution in [0.3, 0.4) is 0 Å². The molecule has 2 aromatic heterocycles. The summed E-state index contributed by atoms with van der Waals surface area (Å²) in [4.78, 5) is 3.33. The quantitative estimate of drug-likeness (QED) is 0.567. The van der Waals surface area contributed by atoms with Gasteiger partial charge in [-0.15, -0.1) is 13.2 Å². The fourth-order valence-electron chi connectivity index (χ4n) is 2.85. The number of pyridine rings is 1. The van der Waals surface area contributed by atoms with Crippen molar-refractivity contribution in [2.24, 2.45) is 0 Å². The van der Waals surface area contributed by atoms with E-state index < -0.39 is 29.8 Å². The Balaban J connectivity index is 2.16. The number of fused-ring (bicyclic) bond motifs is 1. The number of rotatable bonds is 4. The Morgan fingerprint density at radius 3 is 2.41 bits per heavy atom. The van der Waals surface area contributed by atoms with Crippen molar-refractivity contribution < 1.29 is 35.8 Å². The first-order chi connectivity index (χ1) is 13.5. The largest absolute Gasteiger partial charge is 0.573 e. The molecule has 0 bridgehead atoms. The topological polar surface area (TPSA) is 59.5 Å². The van der Waals surface area contributed by atoms with Crippen molar-refractivity contribution in [2.75, 3.05) is 7.11 Å². The normalized spacial score (nSPS) is 12.2. The summed E-state index contributed by atoms with van der Waals surface area (Å²) in [6.45, 7) is -0.109. The van der Waals surface area contributed by atoms with Gasteiger partial charge in [-0.05, 0) is 34.9 Å². The molecule has 1 aromatic carbocycles. The molecule has 0 unspecified atom stereocenters. The standard InChI is InChI=1S/C18H11F6N3O2/c1-28-9-11-6-12(29-18(22,23)24)3-4-13(11)10-2-5-15-14(7-25)26-16(17(19,20)21)27(15)8-10/h2-6,8H,9H2,1H3. The molecule has 0 N–H and O–H groups in total. The number of ether oxygens (including phenoxy) is 2. The summed E-state index contributed by atoms with van der Waals surface area (Å²) >= 11 is 0. The Labute approximate surface area is 159 Å². The van der Waals surface area contributed by atoms with E-state index in [2.05, 4.69) is 9.72 Å². The minimum atomic E-state index is -4.89. The molecule has 0 saturated carbocycles. The molecule has 0 aliphatic heterocycles. The van der Waals surface area contributed by atoms with Gasteiger partial charge < -0.3 is 9.47 Å². The average Bonchev–Trinajstić information content (AvgIpc) is 2.99. The van der Waals surface area contributed by atoms with Crippen LogP contribution in [0.4, 0.5) is 26.3 Å². The van der Waals surface area contributed by atoms with Gasteiger partial charge in [-0.1, -0.05) is 12.1 Å². The third-order valence-electron chi connectivity index (χ3n) is 3.92. The Morgan fingerprint density at radius 1 is 1.10 bits per heavy atom. The lowest BCUT2D eigenvalue weighted by Gasteiger charge is -2.14. The van der Waals surface area contributed by atoms with Gasteiger partial charge in [-0.25, -0.2) is 4.98 Å². The first-order valence-corrected chi connectivity index (χ1v) is 7.91. The third kappa shape index (κ3) is 4.27. The molecule has 152 valence electrons. The highest BCUT2D eigenvalue weighted by Crippen LogP contribution is 2.34. The molecule has 0 fully saturated rings. The maximum absolute atomic E-state index is 13.3. The summed E-state index contributed by atoms with van der Waals surface area (Å²) in [6.07, 6.45) is -8.59. The number of nitrogens with zero attached hydrogens (tertiary/aromatic N) is 3. The molecule has 3 rings (SSSR count). The van der Waals surface area contributed by atoms with Crippen molar-refractivity contribution in [2.45, 2.75) is 19.1 Å². The average molecular weight is 415 g/mol. The van der Waals surface area contributed by atoms with E-state index in [-0.39, 0.29) is 23.3 Å². The zero-order valence-electron chi connectivity index (χ0n) is 14.6. The second-order valence-electron chi connectivity index (χ2n) is 5.87. The number of hydrogen-bond donors (Lipinski definition) is 0. The van der Waals surface area contributed by atoms with E-state index in [4.69, 9.17) is 10.00 Å². The highest BCUT2D eigenvalue weighted by atomic mass is 19.4. The smallest absolute Gasteiger partial charge is 0.406 e. The van der Waals surface area contributed by atoms with Gasteiger partial charge in [-0.3, -0.25) is 4.40 Å². The molecule has 29 heavy (non-hydrogen) atoms. The molecule has 0 amide bonds. The highest BCUT2D eigenvalue weighted by molar-refractivity contribution is 5.71. The lowest BCUT2D eigenvalue weighted by atomic mass is 10.0. The fraction of sp³-hybridized carbons (Fsp3) is 0.222. The van der Waals surface area contributed by atoms with E-state index in [0.29, 0.717) is 5.56 Å². The van der Waals surface area contributed by atoms with Gasteiger partial charge in [0.25, 0.3) is 0 Å². The number of imidazole rings is 1. The Kier molecular flexibility index (Phi) is 5.15. The molecule has 5 nitrogen and oxygen atoms in total. The molecule has 0 saturated heterocycles. The first-order valence-electron chi connectivity index (χ1n) is 7.91. The molecule has 3 aromatic rings. The third-order valence-corrected chi connectivity index (χ3v) is 3.92. The van der Waals surface area contributed by atoms with E-state index in [1.807, 2.05) is 0 Å². The Morgan fingerprint density at radius 2 is 1.83 bits per heavy atom. The molecule has 0 aliphatic rings. The van der Waals surface area contributed by atoms with Crippen LogP contribution in [0.15, 0.2) is 36.5 Å². The highest BCUT2D eigenvalue weighted by Gasteiger charge is 2.37. The predicted molar refractivity (Wildman–Crippen MR) is 87.7 cm³/mol. The maximum Gasteiger partial charge on any atom is 0.573 e. The zero-order valence-corrected chi connectivity index (χ0v) is 14.6. The summed E-state index contributed by atoms with van der Waals surface area (Å²) < 4.78 is 86.8. The molecule has 2 heterocycles. The van der Waals surface area contributed by atoms with Crippen molar-refractivity contribution in [3.05, 3.63) is 53.6 Å². The predicted octanol–water partition coefficient (Wildman–Crippen LogP) is 4.94. The number of halogens is 6. The van der Waals surface area contributed by atoms with E-state index >= 15 is 0 Å². The molecule has 11 heteroatoms. The zero-order chi connectivity index (χ0) is 21.4. The van der Waals surface area contributed by atoms with Crippen LogP contribution in [-0.2, 0) is 17.5 Å². The number of methoxy groups -OCH3 is 1. The van der Waals surface area contributed by atoms with E-state index in [1.54, 1.807) is 6.07 Å². The Bertz CT molecular complexity index is 1100. The van der Waals surface area contributed by atoms with E-state index in [0.717, 1.165) is 22.7 Å². The van der Waals surface area contributed by atoms with E-state index in [1.165, 1.54) is 25.3 Å². The molecule has 0 aliphatic carbocycles. The molecule has 0 radical (unpaired) electrons. The summed E-state index contributed by atoms with van der Waals surface area (Å²) in [5, 5.41) is 9.02. The second-order valence-corrected chi connectivity index (χ2v) is 5.87. The Hall–Kier alpha value is -3.26. The van der Waals surface area contributed by atoms with Crippen LogP contribution in [0, 0.1) is 11.3 Å². The molecule has 0 atom stereocenters. The van der Waals surface area contributed by atoms with Crippen LogP contribution in [0.1, 0.15) is 17.1 Å².